The van der Waals surface area contributed by atoms with Crippen molar-refractivity contribution in [1.82, 2.24) is 34.2 Å². The molecule has 3 aromatic rings. The highest BCUT2D eigenvalue weighted by atomic mass is 35.5. The lowest BCUT2D eigenvalue weighted by atomic mass is 9.93. The van der Waals surface area contributed by atoms with Crippen LogP contribution < -0.4 is 9.46 Å². The normalized spacial score (nSPS) is 20.9. The number of carbonyl (C=O) groups excluding carboxylic acids is 1. The number of likely N-dealkylation sites (tertiary alicyclic amines) is 1. The molecule has 3 aromatic heterocycles. The summed E-state index contributed by atoms with van der Waals surface area (Å²) in [5.41, 5.74) is -0.652. The van der Waals surface area contributed by atoms with E-state index in [0.29, 0.717) is 19.5 Å². The summed E-state index contributed by atoms with van der Waals surface area (Å²) in [5.74, 6) is -2.20. The van der Waals surface area contributed by atoms with Gasteiger partial charge in [0.25, 0.3) is 15.9 Å². The van der Waals surface area contributed by atoms with Crippen LogP contribution in [-0.4, -0.2) is 79.8 Å². The predicted molar refractivity (Wildman–Crippen MR) is 157 cm³/mol. The van der Waals surface area contributed by atoms with E-state index in [0.717, 1.165) is 12.8 Å². The van der Waals surface area contributed by atoms with Crippen molar-refractivity contribution in [2.24, 2.45) is 17.8 Å². The van der Waals surface area contributed by atoms with Gasteiger partial charge in [-0.05, 0) is 76.0 Å². The average Bonchev–Trinajstić information content (AvgIpc) is 3.25. The molecule has 3 atom stereocenters. The molecule has 2 fully saturated rings. The number of carbonyl (C=O) groups is 2. The molecule has 4 heterocycles. The van der Waals surface area contributed by atoms with Crippen molar-refractivity contribution in [3.63, 3.8) is 0 Å². The van der Waals surface area contributed by atoms with E-state index in [1.807, 2.05) is 18.6 Å². The van der Waals surface area contributed by atoms with Gasteiger partial charge in [0, 0.05) is 37.1 Å². The Morgan fingerprint density at radius 1 is 1.15 bits per heavy atom. The van der Waals surface area contributed by atoms with Crippen LogP contribution in [0.1, 0.15) is 56.3 Å². The first-order valence-electron chi connectivity index (χ1n) is 14.6. The zero-order valence-electron chi connectivity index (χ0n) is 24.9. The van der Waals surface area contributed by atoms with E-state index in [4.69, 9.17) is 16.3 Å². The van der Waals surface area contributed by atoms with Crippen LogP contribution in [0.25, 0.3) is 5.82 Å². The Balaban J connectivity index is 1.11. The fourth-order valence-electron chi connectivity index (χ4n) is 5.81. The molecule has 13 nitrogen and oxygen atoms in total. The van der Waals surface area contributed by atoms with E-state index in [1.54, 1.807) is 0 Å². The molecule has 0 spiro atoms. The Morgan fingerprint density at radius 3 is 2.57 bits per heavy atom. The number of nitrogens with zero attached hydrogens (tertiary/aromatic N) is 6. The number of ether oxygens (including phenoxy) is 1. The molecule has 1 saturated heterocycles. The molecule has 46 heavy (non-hydrogen) atoms. The molecule has 2 amide bonds. The number of nitrogens with one attached hydrogen (secondary N) is 1. The van der Waals surface area contributed by atoms with Crippen LogP contribution in [0.5, 0.6) is 5.88 Å². The van der Waals surface area contributed by atoms with Gasteiger partial charge in [-0.2, -0.15) is 26.7 Å². The van der Waals surface area contributed by atoms with E-state index in [1.165, 1.54) is 50.9 Å². The molecular weight excluding hydrogens is 655 g/mol. The maximum Gasteiger partial charge on any atom is 0.407 e. The standard InChI is InChI=1S/C28H33ClF3N7O6S/c1-27(2)15-17(16-38(27)26(41)42)4-3-10-37-11-8-23(35-37)46(43,44)36-25(40)19-5-6-21(33-24(19)29)39-12-7-22(34-39)45-13-9-18-14-20(18)28(30,31)32/h5-8,11-12,17-18,20H,3-4,9-10,13-16H2,1-2H3,(H,36,40)(H,41,42). The molecule has 1 saturated carbocycles. The van der Waals surface area contributed by atoms with Gasteiger partial charge in [-0.1, -0.05) is 11.6 Å². The molecule has 3 unspecified atom stereocenters. The summed E-state index contributed by atoms with van der Waals surface area (Å²) in [6, 6.07) is 5.42. The van der Waals surface area contributed by atoms with Crippen LogP contribution in [-0.2, 0) is 16.6 Å². The minimum atomic E-state index is -4.34. The second-order valence-electron chi connectivity index (χ2n) is 12.2. The molecule has 0 radical (unpaired) electrons. The van der Waals surface area contributed by atoms with Crippen molar-refractivity contribution in [2.75, 3.05) is 13.2 Å². The SMILES string of the molecule is CC1(C)CC(CCCn2ccc(S(=O)(=O)NC(=O)c3ccc(-n4ccc(OCCC5CC5C(F)(F)F)n4)nc3Cl)n2)CN1C(=O)O. The number of aryl methyl sites for hydroxylation is 1. The summed E-state index contributed by atoms with van der Waals surface area (Å²) in [6.07, 6.45) is 0.330. The quantitative estimate of drug-likeness (QED) is 0.256. The number of pyridine rings is 1. The van der Waals surface area contributed by atoms with Gasteiger partial charge in [0.05, 0.1) is 18.1 Å². The lowest BCUT2D eigenvalue weighted by Gasteiger charge is -2.28. The van der Waals surface area contributed by atoms with Crippen molar-refractivity contribution < 1.29 is 41.0 Å². The minimum Gasteiger partial charge on any atom is -0.477 e. The van der Waals surface area contributed by atoms with E-state index >= 15 is 0 Å². The van der Waals surface area contributed by atoms with Crippen LogP contribution in [0.4, 0.5) is 18.0 Å². The maximum atomic E-state index is 12.9. The van der Waals surface area contributed by atoms with Crippen molar-refractivity contribution in [3.8, 4) is 11.7 Å². The Labute approximate surface area is 267 Å². The number of hydrogen-bond donors (Lipinski definition) is 2. The first-order chi connectivity index (χ1) is 21.5. The zero-order valence-corrected chi connectivity index (χ0v) is 26.5. The minimum absolute atomic E-state index is 0.0701. The molecule has 0 aromatic carbocycles. The van der Waals surface area contributed by atoms with Gasteiger partial charge in [-0.25, -0.2) is 19.2 Å². The number of aromatic nitrogens is 5. The Kier molecular flexibility index (Phi) is 9.28. The largest absolute Gasteiger partial charge is 0.477 e. The van der Waals surface area contributed by atoms with Crippen LogP contribution in [0.15, 0.2) is 41.7 Å². The van der Waals surface area contributed by atoms with Crippen LogP contribution in [0.2, 0.25) is 5.15 Å². The van der Waals surface area contributed by atoms with Crippen LogP contribution >= 0.6 is 11.6 Å². The monoisotopic (exact) mass is 687 g/mol. The highest BCUT2D eigenvalue weighted by Crippen LogP contribution is 2.51. The number of sulfonamides is 1. The van der Waals surface area contributed by atoms with Crippen molar-refractivity contribution >= 4 is 33.6 Å². The van der Waals surface area contributed by atoms with E-state index in [2.05, 4.69) is 15.2 Å². The summed E-state index contributed by atoms with van der Waals surface area (Å²) in [5, 5.41) is 17.0. The Bertz CT molecular complexity index is 1710. The van der Waals surface area contributed by atoms with Crippen molar-refractivity contribution in [3.05, 3.63) is 47.4 Å². The number of halogens is 4. The molecule has 2 N–H and O–H groups in total. The molecule has 1 aliphatic carbocycles. The van der Waals surface area contributed by atoms with Gasteiger partial charge in [0.2, 0.25) is 5.88 Å². The van der Waals surface area contributed by atoms with E-state index < -0.39 is 45.6 Å². The highest BCUT2D eigenvalue weighted by Gasteiger charge is 2.55. The first-order valence-corrected chi connectivity index (χ1v) is 16.4. The van der Waals surface area contributed by atoms with Crippen molar-refractivity contribution in [1.29, 1.82) is 0 Å². The summed E-state index contributed by atoms with van der Waals surface area (Å²) >= 11 is 6.20. The first kappa shape index (κ1) is 33.5. The lowest BCUT2D eigenvalue weighted by Crippen LogP contribution is -2.41. The summed E-state index contributed by atoms with van der Waals surface area (Å²) < 4.78 is 73.9. The maximum absolute atomic E-state index is 12.9. The topological polar surface area (TPSA) is 162 Å². The van der Waals surface area contributed by atoms with Gasteiger partial charge in [0.1, 0.15) is 5.15 Å². The van der Waals surface area contributed by atoms with E-state index in [9.17, 15) is 36.3 Å². The van der Waals surface area contributed by atoms with Gasteiger partial charge in [-0.15, -0.1) is 5.10 Å². The Morgan fingerprint density at radius 2 is 1.91 bits per heavy atom. The van der Waals surface area contributed by atoms with Gasteiger partial charge >= 0.3 is 12.3 Å². The third-order valence-electron chi connectivity index (χ3n) is 8.27. The van der Waals surface area contributed by atoms with Gasteiger partial charge in [-0.3, -0.25) is 9.48 Å². The van der Waals surface area contributed by atoms with E-state index in [-0.39, 0.29) is 52.8 Å². The molecule has 250 valence electrons. The van der Waals surface area contributed by atoms with Crippen LogP contribution in [0, 0.1) is 17.8 Å². The smallest absolute Gasteiger partial charge is 0.407 e. The number of amides is 2. The molecule has 2 aliphatic rings. The average molecular weight is 688 g/mol. The zero-order chi connectivity index (χ0) is 33.4. The van der Waals surface area contributed by atoms with Gasteiger partial charge in [0.15, 0.2) is 10.8 Å². The second-order valence-corrected chi connectivity index (χ2v) is 14.1. The van der Waals surface area contributed by atoms with Crippen LogP contribution in [0.3, 0.4) is 0 Å². The third kappa shape index (κ3) is 7.74. The Hall–Kier alpha value is -3.86. The molecule has 18 heteroatoms. The molecule has 5 rings (SSSR count). The fraction of sp³-hybridized carbons (Fsp3) is 0.536. The number of hydrogen-bond acceptors (Lipinski definition) is 8. The summed E-state index contributed by atoms with van der Waals surface area (Å²) in [6.45, 7) is 4.71. The second kappa shape index (κ2) is 12.7. The summed E-state index contributed by atoms with van der Waals surface area (Å²) in [4.78, 5) is 29.8. The predicted octanol–water partition coefficient (Wildman–Crippen LogP) is 4.76. The van der Waals surface area contributed by atoms with Gasteiger partial charge < -0.3 is 14.7 Å². The molecular formula is C28H33ClF3N7O6S. The summed E-state index contributed by atoms with van der Waals surface area (Å²) in [7, 11) is -4.34. The number of rotatable bonds is 12. The third-order valence-corrected chi connectivity index (χ3v) is 9.78. The lowest BCUT2D eigenvalue weighted by molar-refractivity contribution is -0.151. The fourth-order valence-corrected chi connectivity index (χ4v) is 6.96. The molecule has 0 bridgehead atoms. The number of carboxylic acid groups (broad SMARTS) is 1. The molecule has 1 aliphatic heterocycles. The highest BCUT2D eigenvalue weighted by molar-refractivity contribution is 7.90. The number of alkyl halides is 3. The van der Waals surface area contributed by atoms with Crippen molar-refractivity contribution in [2.45, 2.75) is 69.2 Å².